The molecule has 3 rings (SSSR count). The maximum absolute atomic E-state index is 12.2. The molecule has 0 spiro atoms. The van der Waals surface area contributed by atoms with Crippen LogP contribution in [0, 0.1) is 6.92 Å². The fourth-order valence-electron chi connectivity index (χ4n) is 2.10. The number of alkyl halides is 3. The van der Waals surface area contributed by atoms with Gasteiger partial charge in [0, 0.05) is 6.07 Å². The minimum Gasteiger partial charge on any atom is -0.454 e. The monoisotopic (exact) mass is 309 g/mol. The van der Waals surface area contributed by atoms with Crippen LogP contribution < -0.4 is 14.8 Å². The molecule has 0 saturated carbocycles. The van der Waals surface area contributed by atoms with E-state index in [0.717, 1.165) is 17.7 Å². The van der Waals surface area contributed by atoms with Crippen LogP contribution in [0.1, 0.15) is 15.9 Å². The van der Waals surface area contributed by atoms with E-state index < -0.39 is 18.0 Å². The Labute approximate surface area is 123 Å². The highest BCUT2D eigenvalue weighted by Gasteiger charge is 2.31. The van der Waals surface area contributed by atoms with Crippen molar-refractivity contribution in [3.8, 4) is 17.2 Å². The highest BCUT2D eigenvalue weighted by molar-refractivity contribution is 6.08. The van der Waals surface area contributed by atoms with Crippen molar-refractivity contribution < 1.29 is 27.4 Å². The summed E-state index contributed by atoms with van der Waals surface area (Å²) in [7, 11) is 0. The molecule has 0 aromatic heterocycles. The van der Waals surface area contributed by atoms with Gasteiger partial charge in [0.15, 0.2) is 5.75 Å². The van der Waals surface area contributed by atoms with Crippen LogP contribution in [0.5, 0.6) is 17.2 Å². The molecule has 0 fully saturated rings. The van der Waals surface area contributed by atoms with Gasteiger partial charge >= 0.3 is 6.36 Å². The highest BCUT2D eigenvalue weighted by atomic mass is 19.4. The van der Waals surface area contributed by atoms with Crippen LogP contribution in [-0.4, -0.2) is 12.3 Å². The number of hydrogen-bond donors (Lipinski definition) is 1. The first-order valence-corrected chi connectivity index (χ1v) is 6.31. The number of rotatable bonds is 1. The molecule has 1 amide bonds. The number of hydrogen-bond acceptors (Lipinski definition) is 3. The van der Waals surface area contributed by atoms with Gasteiger partial charge < -0.3 is 14.8 Å². The Hall–Kier alpha value is -2.70. The standard InChI is InChI=1S/C15H10F3NO3/c1-8-2-4-10-13(6-8)21-12-5-3-9(22-15(16,17)18)7-11(12)19-14(10)20/h2-7H,1H3,(H,19,20). The van der Waals surface area contributed by atoms with Gasteiger partial charge in [-0.3, -0.25) is 4.79 Å². The van der Waals surface area contributed by atoms with Crippen LogP contribution in [0.15, 0.2) is 36.4 Å². The van der Waals surface area contributed by atoms with Gasteiger partial charge in [-0.05, 0) is 36.8 Å². The lowest BCUT2D eigenvalue weighted by atomic mass is 10.1. The summed E-state index contributed by atoms with van der Waals surface area (Å²) < 4.78 is 46.2. The summed E-state index contributed by atoms with van der Waals surface area (Å²) in [6, 6.07) is 8.53. The van der Waals surface area contributed by atoms with Gasteiger partial charge in [-0.1, -0.05) is 6.07 Å². The first-order chi connectivity index (χ1) is 10.3. The zero-order chi connectivity index (χ0) is 15.9. The summed E-state index contributed by atoms with van der Waals surface area (Å²) in [5.41, 5.74) is 1.31. The van der Waals surface area contributed by atoms with E-state index in [9.17, 15) is 18.0 Å². The Balaban J connectivity index is 2.00. The van der Waals surface area contributed by atoms with Crippen LogP contribution in [-0.2, 0) is 0 Å². The van der Waals surface area contributed by atoms with Crippen LogP contribution in [0.25, 0.3) is 0 Å². The van der Waals surface area contributed by atoms with Crippen molar-refractivity contribution in [3.05, 3.63) is 47.5 Å². The van der Waals surface area contributed by atoms with E-state index >= 15 is 0 Å². The molecule has 22 heavy (non-hydrogen) atoms. The first kappa shape index (κ1) is 14.2. The number of nitrogens with one attached hydrogen (secondary N) is 1. The molecule has 1 aliphatic rings. The molecule has 4 nitrogen and oxygen atoms in total. The number of amides is 1. The number of carbonyl (C=O) groups is 1. The topological polar surface area (TPSA) is 47.6 Å². The van der Waals surface area contributed by atoms with Crippen LogP contribution >= 0.6 is 0 Å². The van der Waals surface area contributed by atoms with Crippen molar-refractivity contribution >= 4 is 11.6 Å². The summed E-state index contributed by atoms with van der Waals surface area (Å²) in [6.45, 7) is 1.84. The normalized spacial score (nSPS) is 13.4. The predicted octanol–water partition coefficient (Wildman–Crippen LogP) is 4.25. The maximum Gasteiger partial charge on any atom is 0.573 e. The first-order valence-electron chi connectivity index (χ1n) is 6.31. The third kappa shape index (κ3) is 2.83. The molecule has 1 aliphatic heterocycles. The van der Waals surface area contributed by atoms with E-state index in [1.165, 1.54) is 6.07 Å². The molecule has 114 valence electrons. The minimum absolute atomic E-state index is 0.112. The molecule has 0 atom stereocenters. The van der Waals surface area contributed by atoms with Gasteiger partial charge in [0.25, 0.3) is 5.91 Å². The Morgan fingerprint density at radius 2 is 1.86 bits per heavy atom. The smallest absolute Gasteiger partial charge is 0.454 e. The van der Waals surface area contributed by atoms with Gasteiger partial charge in [-0.2, -0.15) is 0 Å². The third-order valence-corrected chi connectivity index (χ3v) is 3.03. The average Bonchev–Trinajstić information content (AvgIpc) is 2.52. The lowest BCUT2D eigenvalue weighted by Crippen LogP contribution is -2.17. The minimum atomic E-state index is -4.80. The van der Waals surface area contributed by atoms with E-state index in [-0.39, 0.29) is 11.4 Å². The van der Waals surface area contributed by atoms with Crippen molar-refractivity contribution in [2.45, 2.75) is 13.3 Å². The van der Waals surface area contributed by atoms with Gasteiger partial charge in [0.1, 0.15) is 11.5 Å². The molecule has 2 aromatic carbocycles. The largest absolute Gasteiger partial charge is 0.573 e. The highest BCUT2D eigenvalue weighted by Crippen LogP contribution is 2.38. The maximum atomic E-state index is 12.2. The molecule has 2 aromatic rings. The number of anilines is 1. The Morgan fingerprint density at radius 3 is 2.59 bits per heavy atom. The quantitative estimate of drug-likeness (QED) is 0.856. The molecule has 0 aliphatic carbocycles. The number of aryl methyl sites for hydroxylation is 1. The van der Waals surface area contributed by atoms with Crippen molar-refractivity contribution in [2.75, 3.05) is 5.32 Å². The number of benzene rings is 2. The zero-order valence-corrected chi connectivity index (χ0v) is 11.3. The van der Waals surface area contributed by atoms with Gasteiger partial charge in [-0.25, -0.2) is 0 Å². The molecule has 0 bridgehead atoms. The Kier molecular flexibility index (Phi) is 3.20. The predicted molar refractivity (Wildman–Crippen MR) is 72.3 cm³/mol. The Bertz CT molecular complexity index is 756. The second-order valence-electron chi connectivity index (χ2n) is 4.76. The summed E-state index contributed by atoms with van der Waals surface area (Å²) in [4.78, 5) is 12.1. The van der Waals surface area contributed by atoms with Crippen molar-refractivity contribution in [2.24, 2.45) is 0 Å². The van der Waals surface area contributed by atoms with E-state index in [1.54, 1.807) is 18.2 Å². The lowest BCUT2D eigenvalue weighted by Gasteiger charge is -2.12. The van der Waals surface area contributed by atoms with E-state index in [2.05, 4.69) is 10.1 Å². The molecule has 1 N–H and O–H groups in total. The number of halogens is 3. The number of fused-ring (bicyclic) bond motifs is 2. The van der Waals surface area contributed by atoms with Gasteiger partial charge in [-0.15, -0.1) is 13.2 Å². The third-order valence-electron chi connectivity index (χ3n) is 3.03. The Morgan fingerprint density at radius 1 is 1.09 bits per heavy atom. The van der Waals surface area contributed by atoms with Crippen molar-refractivity contribution in [1.82, 2.24) is 0 Å². The van der Waals surface area contributed by atoms with Crippen LogP contribution in [0.2, 0.25) is 0 Å². The summed E-state index contributed by atoms with van der Waals surface area (Å²) in [5.74, 6) is -0.303. The molecule has 0 unspecified atom stereocenters. The van der Waals surface area contributed by atoms with Gasteiger partial charge in [0.2, 0.25) is 0 Å². The summed E-state index contributed by atoms with van der Waals surface area (Å²) >= 11 is 0. The summed E-state index contributed by atoms with van der Waals surface area (Å²) in [5, 5.41) is 2.51. The molecule has 7 heteroatoms. The van der Waals surface area contributed by atoms with Crippen molar-refractivity contribution in [1.29, 1.82) is 0 Å². The number of ether oxygens (including phenoxy) is 2. The fourth-order valence-corrected chi connectivity index (χ4v) is 2.10. The second kappa shape index (κ2) is 4.94. The van der Waals surface area contributed by atoms with E-state index in [0.29, 0.717) is 11.3 Å². The molecule has 0 saturated heterocycles. The zero-order valence-electron chi connectivity index (χ0n) is 11.3. The number of carbonyl (C=O) groups excluding carboxylic acids is 1. The molecular weight excluding hydrogens is 299 g/mol. The molecule has 1 heterocycles. The van der Waals surface area contributed by atoms with Crippen LogP contribution in [0.3, 0.4) is 0 Å². The lowest BCUT2D eigenvalue weighted by molar-refractivity contribution is -0.274. The van der Waals surface area contributed by atoms with E-state index in [1.807, 2.05) is 6.92 Å². The molecular formula is C15H10F3NO3. The second-order valence-corrected chi connectivity index (χ2v) is 4.76. The average molecular weight is 309 g/mol. The van der Waals surface area contributed by atoms with Gasteiger partial charge in [0.05, 0.1) is 11.3 Å². The van der Waals surface area contributed by atoms with Crippen molar-refractivity contribution in [3.63, 3.8) is 0 Å². The van der Waals surface area contributed by atoms with Crippen LogP contribution in [0.4, 0.5) is 18.9 Å². The fraction of sp³-hybridized carbons (Fsp3) is 0.133. The molecule has 0 radical (unpaired) electrons. The SMILES string of the molecule is Cc1ccc2c(c1)Oc1ccc(OC(F)(F)F)cc1NC2=O. The van der Waals surface area contributed by atoms with E-state index in [4.69, 9.17) is 4.74 Å². The summed E-state index contributed by atoms with van der Waals surface area (Å²) in [6.07, 6.45) is -4.80.